The van der Waals surface area contributed by atoms with Crippen LogP contribution in [0.1, 0.15) is 27.0 Å². The number of fused-ring (bicyclic) bond motifs is 1. The molecule has 0 saturated carbocycles. The molecule has 0 bridgehead atoms. The predicted molar refractivity (Wildman–Crippen MR) is 291 cm³/mol. The summed E-state index contributed by atoms with van der Waals surface area (Å²) in [6.45, 7) is 1.56. The van der Waals surface area contributed by atoms with E-state index in [0.29, 0.717) is 33.0 Å². The van der Waals surface area contributed by atoms with Gasteiger partial charge >= 0.3 is 12.0 Å². The zero-order valence-electron chi connectivity index (χ0n) is 39.4. The highest BCUT2D eigenvalue weighted by molar-refractivity contribution is 7.86. The van der Waals surface area contributed by atoms with Gasteiger partial charge in [0.2, 0.25) is 11.9 Å². The second kappa shape index (κ2) is 22.0. The van der Waals surface area contributed by atoms with Crippen LogP contribution in [0.25, 0.3) is 21.9 Å². The third-order valence-corrected chi connectivity index (χ3v) is 14.6. The van der Waals surface area contributed by atoms with Crippen LogP contribution in [0.3, 0.4) is 0 Å². The van der Waals surface area contributed by atoms with Crippen LogP contribution >= 0.6 is 34.5 Å². The molecule has 23 nitrogen and oxygen atoms in total. The van der Waals surface area contributed by atoms with Gasteiger partial charge in [-0.2, -0.15) is 42.3 Å². The molecule has 0 spiro atoms. The molecule has 0 fully saturated rings. The third-order valence-electron chi connectivity index (χ3n) is 11.1. The second-order valence-corrected chi connectivity index (χ2v) is 20.9. The topological polar surface area (TPSA) is 363 Å². The molecule has 0 saturated heterocycles. The van der Waals surface area contributed by atoms with Crippen LogP contribution in [0.4, 0.5) is 67.7 Å². The zero-order valence-corrected chi connectivity index (χ0v) is 43.4. The molecule has 0 unspecified atom stereocenters. The first-order valence-electron chi connectivity index (χ1n) is 22.1. The number of pyridine rings is 1. The van der Waals surface area contributed by atoms with Crippen LogP contribution in [0.5, 0.6) is 6.01 Å². The summed E-state index contributed by atoms with van der Waals surface area (Å²) in [5.74, 6) is -1.38. The Morgan fingerprint density at radius 3 is 1.92 bits per heavy atom. The molecule has 9 aromatic rings. The van der Waals surface area contributed by atoms with E-state index in [0.717, 1.165) is 17.4 Å². The van der Waals surface area contributed by atoms with E-state index in [1.165, 1.54) is 48.5 Å². The molecule has 388 valence electrons. The predicted octanol–water partition coefficient (Wildman–Crippen LogP) is 13.2. The number of nitrogens with zero attached hydrogens (tertiary/aromatic N) is 10. The fraction of sp³-hybridized carbons (Fsp3) is 0.0200. The standard InChI is InChI=1S/C50H32Cl2N14O9S3/c1-25-36(23-53)43(56-33-18-19-38(52)40(22-33)78(73,74)75)59-44(55-30-16-11-29(51)12-17-30)42(25)64-65-45-37(24-54)41(46(76-45)66-63-34-15-8-26-4-3-7-39(35(26)21-34)77(70,71)72)27-9-13-31(14-10-27)57-48-60-49(62-50(69)61-48)58-32-6-2-5-28(20-32)47(67)68/h2-22H,1H3,(H,67,68)(H2,55,56,59)(H,70,71,72)(H,73,74,75)(H3,57,58,60,61,62,69). The fourth-order valence-corrected chi connectivity index (χ4v) is 10.3. The quantitative estimate of drug-likeness (QED) is 0.0329. The van der Waals surface area contributed by atoms with Crippen molar-refractivity contribution in [1.29, 1.82) is 10.5 Å². The third kappa shape index (κ3) is 11.9. The van der Waals surface area contributed by atoms with E-state index in [4.69, 9.17) is 23.2 Å². The average Bonchev–Trinajstić information content (AvgIpc) is 3.79. The van der Waals surface area contributed by atoms with Crippen molar-refractivity contribution in [1.82, 2.24) is 19.9 Å². The van der Waals surface area contributed by atoms with E-state index >= 15 is 0 Å². The lowest BCUT2D eigenvalue weighted by molar-refractivity contribution is 0.0696. The summed E-state index contributed by atoms with van der Waals surface area (Å²) in [6, 6.07) is 35.1. The summed E-state index contributed by atoms with van der Waals surface area (Å²) in [4.78, 5) is 27.3. The molecule has 0 aliphatic heterocycles. The summed E-state index contributed by atoms with van der Waals surface area (Å²) in [6.07, 6.45) is 0. The molecular weight excluding hydrogens is 1110 g/mol. The van der Waals surface area contributed by atoms with Gasteiger partial charge in [0.1, 0.15) is 38.2 Å². The Bertz CT molecular complexity index is 4290. The largest absolute Gasteiger partial charge is 0.479 e. The number of carboxylic acid groups (broad SMARTS) is 1. The molecule has 0 amide bonds. The van der Waals surface area contributed by atoms with Gasteiger partial charge in [0, 0.05) is 44.3 Å². The van der Waals surface area contributed by atoms with Gasteiger partial charge in [0.05, 0.1) is 21.8 Å². The summed E-state index contributed by atoms with van der Waals surface area (Å²) < 4.78 is 68.5. The first-order chi connectivity index (χ1) is 37.2. The number of benzene rings is 6. The fourth-order valence-electron chi connectivity index (χ4n) is 7.54. The lowest BCUT2D eigenvalue weighted by Crippen LogP contribution is -2.05. The van der Waals surface area contributed by atoms with Crippen LogP contribution in [0.15, 0.2) is 158 Å². The van der Waals surface area contributed by atoms with E-state index in [-0.39, 0.29) is 93.7 Å². The van der Waals surface area contributed by atoms with E-state index in [1.807, 2.05) is 0 Å². The molecule has 28 heteroatoms. The minimum Gasteiger partial charge on any atom is -0.479 e. The van der Waals surface area contributed by atoms with Crippen molar-refractivity contribution in [2.75, 3.05) is 21.3 Å². The van der Waals surface area contributed by atoms with Crippen LogP contribution in [-0.2, 0) is 20.2 Å². The van der Waals surface area contributed by atoms with Crippen LogP contribution < -0.4 is 21.3 Å². The minimum atomic E-state index is -4.75. The Hall–Kier alpha value is -9.51. The second-order valence-electron chi connectivity index (χ2n) is 16.3. The number of carbonyl (C=O) groups is 1. The number of hydrogen-bond donors (Lipinski definition) is 8. The Balaban J connectivity index is 1.12. The van der Waals surface area contributed by atoms with Gasteiger partial charge in [-0.15, -0.1) is 20.5 Å². The van der Waals surface area contributed by atoms with E-state index in [2.05, 4.69) is 73.8 Å². The Labute approximate surface area is 455 Å². The monoisotopic (exact) mass is 1140 g/mol. The minimum absolute atomic E-state index is 0.00149. The number of thiophene rings is 1. The molecule has 3 aromatic heterocycles. The summed E-state index contributed by atoms with van der Waals surface area (Å²) in [5.41, 5.74) is 2.29. The number of azo groups is 2. The lowest BCUT2D eigenvalue weighted by atomic mass is 10.0. The maximum absolute atomic E-state index is 12.3. The van der Waals surface area contributed by atoms with Crippen LogP contribution in [0.2, 0.25) is 10.0 Å². The number of halogens is 2. The number of aromatic nitrogens is 4. The highest BCUT2D eigenvalue weighted by Crippen LogP contribution is 2.49. The molecule has 78 heavy (non-hydrogen) atoms. The number of aromatic hydroxyl groups is 1. The number of rotatable bonds is 16. The molecule has 0 radical (unpaired) electrons. The van der Waals surface area contributed by atoms with Crippen molar-refractivity contribution in [3.63, 3.8) is 0 Å². The smallest absolute Gasteiger partial charge is 0.335 e. The van der Waals surface area contributed by atoms with Gasteiger partial charge in [0.25, 0.3) is 20.2 Å². The number of carboxylic acids is 1. The van der Waals surface area contributed by atoms with Gasteiger partial charge in [-0.1, -0.05) is 70.9 Å². The first kappa shape index (κ1) is 53.3. The van der Waals surface area contributed by atoms with E-state index in [1.54, 1.807) is 79.7 Å². The summed E-state index contributed by atoms with van der Waals surface area (Å²) in [7, 11) is -9.39. The van der Waals surface area contributed by atoms with Gasteiger partial charge in [-0.05, 0) is 109 Å². The van der Waals surface area contributed by atoms with Gasteiger partial charge in [0.15, 0.2) is 16.6 Å². The lowest BCUT2D eigenvalue weighted by Gasteiger charge is -2.16. The van der Waals surface area contributed by atoms with E-state index in [9.17, 15) is 51.5 Å². The Morgan fingerprint density at radius 1 is 0.628 bits per heavy atom. The maximum atomic E-state index is 12.3. The molecule has 6 aromatic carbocycles. The SMILES string of the molecule is Cc1c(C#N)c(Nc2ccc(Cl)c(S(=O)(=O)O)c2)nc(Nc2ccc(Cl)cc2)c1N=Nc1sc(N=Nc2ccc3cccc(S(=O)(=O)O)c3c2)c(-c2ccc(Nc3nc(O)nc(Nc4cccc(C(=O)O)c4)n3)cc2)c1C#N. The zero-order chi connectivity index (χ0) is 55.5. The van der Waals surface area contributed by atoms with Gasteiger partial charge in [-0.3, -0.25) is 9.11 Å². The number of nitrogens with one attached hydrogen (secondary N) is 4. The molecule has 9 rings (SSSR count). The Kier molecular flexibility index (Phi) is 15.0. The normalized spacial score (nSPS) is 11.6. The maximum Gasteiger partial charge on any atom is 0.335 e. The number of anilines is 8. The van der Waals surface area contributed by atoms with Gasteiger partial charge in [-0.25, -0.2) is 9.78 Å². The van der Waals surface area contributed by atoms with Crippen molar-refractivity contribution < 1.29 is 40.9 Å². The first-order valence-corrected chi connectivity index (χ1v) is 26.5. The average molecular weight is 1140 g/mol. The molecule has 0 atom stereocenters. The summed E-state index contributed by atoms with van der Waals surface area (Å²) >= 11 is 13.1. The Morgan fingerprint density at radius 2 is 1.24 bits per heavy atom. The van der Waals surface area contributed by atoms with Crippen molar-refractivity contribution in [2.45, 2.75) is 16.7 Å². The number of hydrogen-bond acceptors (Lipinski definition) is 21. The van der Waals surface area contributed by atoms with Crippen LogP contribution in [0, 0.1) is 29.6 Å². The number of aromatic carboxylic acids is 1. The highest BCUT2D eigenvalue weighted by Gasteiger charge is 2.24. The highest BCUT2D eigenvalue weighted by atomic mass is 35.5. The molecule has 0 aliphatic carbocycles. The molecule has 0 aliphatic rings. The van der Waals surface area contributed by atoms with Crippen molar-refractivity contribution in [3.05, 3.63) is 160 Å². The molecule has 3 heterocycles. The van der Waals surface area contributed by atoms with E-state index < -0.39 is 37.1 Å². The van der Waals surface area contributed by atoms with Crippen molar-refractivity contribution in [3.8, 4) is 29.3 Å². The van der Waals surface area contributed by atoms with Crippen molar-refractivity contribution in [2.24, 2.45) is 20.5 Å². The number of nitriles is 2. The molecular formula is C50H32Cl2N14O9S3. The van der Waals surface area contributed by atoms with Crippen LogP contribution in [-0.4, -0.2) is 62.1 Å². The van der Waals surface area contributed by atoms with Gasteiger partial charge < -0.3 is 31.5 Å². The van der Waals surface area contributed by atoms with Crippen molar-refractivity contribution >= 4 is 139 Å². The summed E-state index contributed by atoms with van der Waals surface area (Å²) in [5, 5.41) is 72.0. The molecule has 8 N–H and O–H groups in total.